The highest BCUT2D eigenvalue weighted by Crippen LogP contribution is 2.38. The summed E-state index contributed by atoms with van der Waals surface area (Å²) in [5.74, 6) is -2.25. The number of nitrogens with zero attached hydrogens (tertiary/aromatic N) is 7. The molecule has 0 spiro atoms. The molecule has 226 valence electrons. The van der Waals surface area contributed by atoms with Gasteiger partial charge in [-0.1, -0.05) is 48.5 Å². The molecule has 12 heteroatoms. The van der Waals surface area contributed by atoms with Gasteiger partial charge in [0.05, 0.1) is 18.5 Å². The molecule has 0 saturated carbocycles. The van der Waals surface area contributed by atoms with Gasteiger partial charge in [-0.3, -0.25) is 4.79 Å². The molecule has 0 aliphatic carbocycles. The summed E-state index contributed by atoms with van der Waals surface area (Å²) in [5, 5.41) is 11.5. The van der Waals surface area contributed by atoms with E-state index in [0.717, 1.165) is 24.8 Å². The lowest BCUT2D eigenvalue weighted by Crippen LogP contribution is -2.55. The van der Waals surface area contributed by atoms with Crippen LogP contribution in [0.2, 0.25) is 5.02 Å². The number of aromatic nitrogens is 3. The predicted molar refractivity (Wildman–Crippen MR) is 165 cm³/mol. The summed E-state index contributed by atoms with van der Waals surface area (Å²) < 4.78 is 36.4. The van der Waals surface area contributed by atoms with Crippen LogP contribution in [0.3, 0.4) is 0 Å². The molecule has 2 saturated heterocycles. The minimum atomic E-state index is -1.09. The van der Waals surface area contributed by atoms with E-state index in [9.17, 15) is 14.4 Å². The van der Waals surface area contributed by atoms with Crippen LogP contribution in [0.1, 0.15) is 19.3 Å². The molecule has 2 atom stereocenters. The van der Waals surface area contributed by atoms with Crippen LogP contribution in [0, 0.1) is 17.1 Å². The van der Waals surface area contributed by atoms with Crippen molar-refractivity contribution >= 4 is 45.1 Å². The minimum Gasteiger partial charge on any atom is -0.462 e. The SMILES string of the molecule is C=C(F)C(=O)N1CCN(c2nc(OCC3CCCN3C)nc3c(F)c(-c4cccc5cccc(Cl)c45)cnc23)C[C@@H]1CC#N. The van der Waals surface area contributed by atoms with Crippen LogP contribution in [-0.2, 0) is 4.79 Å². The Morgan fingerprint density at radius 2 is 1.93 bits per heavy atom. The maximum atomic E-state index is 16.6. The highest BCUT2D eigenvalue weighted by atomic mass is 35.5. The lowest BCUT2D eigenvalue weighted by atomic mass is 9.98. The third kappa shape index (κ3) is 5.51. The highest BCUT2D eigenvalue weighted by Gasteiger charge is 2.34. The Balaban J connectivity index is 1.45. The van der Waals surface area contributed by atoms with Crippen LogP contribution in [-0.4, -0.2) is 82.6 Å². The molecule has 1 amide bonds. The van der Waals surface area contributed by atoms with E-state index in [2.05, 4.69) is 32.5 Å². The maximum absolute atomic E-state index is 16.6. The number of anilines is 1. The van der Waals surface area contributed by atoms with Crippen LogP contribution in [0.5, 0.6) is 6.01 Å². The van der Waals surface area contributed by atoms with Gasteiger partial charge in [-0.05, 0) is 43.5 Å². The van der Waals surface area contributed by atoms with E-state index in [-0.39, 0.29) is 54.7 Å². The number of benzene rings is 2. The van der Waals surface area contributed by atoms with Crippen molar-refractivity contribution in [2.24, 2.45) is 0 Å². The van der Waals surface area contributed by atoms with Gasteiger partial charge in [0.1, 0.15) is 17.6 Å². The normalized spacial score (nSPS) is 19.0. The summed E-state index contributed by atoms with van der Waals surface area (Å²) in [4.78, 5) is 31.6. The Kier molecular flexibility index (Phi) is 8.29. The Hall–Kier alpha value is -4.40. The molecule has 2 aromatic heterocycles. The third-order valence-electron chi connectivity index (χ3n) is 8.43. The zero-order chi connectivity index (χ0) is 31.0. The van der Waals surface area contributed by atoms with E-state index in [0.29, 0.717) is 28.4 Å². The Morgan fingerprint density at radius 3 is 2.66 bits per heavy atom. The van der Waals surface area contributed by atoms with E-state index in [1.54, 1.807) is 12.1 Å². The second kappa shape index (κ2) is 12.3. The number of nitriles is 1. The van der Waals surface area contributed by atoms with Crippen molar-refractivity contribution in [3.05, 3.63) is 65.8 Å². The highest BCUT2D eigenvalue weighted by molar-refractivity contribution is 6.36. The summed E-state index contributed by atoms with van der Waals surface area (Å²) >= 11 is 6.56. The molecule has 0 radical (unpaired) electrons. The summed E-state index contributed by atoms with van der Waals surface area (Å²) in [6.07, 6.45) is 3.42. The van der Waals surface area contributed by atoms with Gasteiger partial charge in [0.2, 0.25) is 0 Å². The van der Waals surface area contributed by atoms with E-state index in [4.69, 9.17) is 16.3 Å². The summed E-state index contributed by atoms with van der Waals surface area (Å²) in [5.41, 5.74) is 0.969. The number of pyridine rings is 1. The largest absolute Gasteiger partial charge is 0.462 e. The molecule has 2 fully saturated rings. The first-order chi connectivity index (χ1) is 21.3. The lowest BCUT2D eigenvalue weighted by molar-refractivity contribution is -0.131. The molecule has 9 nitrogen and oxygen atoms in total. The van der Waals surface area contributed by atoms with Crippen LogP contribution in [0.15, 0.2) is 55.0 Å². The van der Waals surface area contributed by atoms with E-state index in [1.165, 1.54) is 11.1 Å². The smallest absolute Gasteiger partial charge is 0.319 e. The number of likely N-dealkylation sites (N-methyl/N-ethyl adjacent to an activating group) is 1. The number of carbonyl (C=O) groups is 1. The van der Waals surface area contributed by atoms with Gasteiger partial charge in [0.25, 0.3) is 5.91 Å². The number of hydrogen-bond donors (Lipinski definition) is 0. The predicted octanol–water partition coefficient (Wildman–Crippen LogP) is 5.52. The van der Waals surface area contributed by atoms with Crippen molar-refractivity contribution in [1.29, 1.82) is 5.26 Å². The molecule has 2 aliphatic rings. The van der Waals surface area contributed by atoms with Crippen LogP contribution >= 0.6 is 11.6 Å². The molecule has 2 aromatic carbocycles. The third-order valence-corrected chi connectivity index (χ3v) is 8.75. The number of halogens is 3. The van der Waals surface area contributed by atoms with Gasteiger partial charge < -0.3 is 19.4 Å². The molecule has 0 N–H and O–H groups in total. The molecule has 4 aromatic rings. The van der Waals surface area contributed by atoms with Crippen molar-refractivity contribution in [3.63, 3.8) is 0 Å². The zero-order valence-electron chi connectivity index (χ0n) is 24.1. The first-order valence-electron chi connectivity index (χ1n) is 14.4. The number of amides is 1. The second-order valence-corrected chi connectivity index (χ2v) is 11.5. The number of fused-ring (bicyclic) bond motifs is 2. The Labute approximate surface area is 258 Å². The van der Waals surface area contributed by atoms with Gasteiger partial charge in [-0.25, -0.2) is 13.8 Å². The van der Waals surface area contributed by atoms with Crippen molar-refractivity contribution in [3.8, 4) is 23.2 Å². The fourth-order valence-corrected chi connectivity index (χ4v) is 6.40. The van der Waals surface area contributed by atoms with E-state index < -0.39 is 23.6 Å². The lowest BCUT2D eigenvalue weighted by Gasteiger charge is -2.41. The molecular weight excluding hydrogens is 588 g/mol. The van der Waals surface area contributed by atoms with Crippen molar-refractivity contribution in [2.45, 2.75) is 31.3 Å². The zero-order valence-corrected chi connectivity index (χ0v) is 24.9. The molecular formula is C32H30ClF2N7O2. The molecule has 0 bridgehead atoms. The maximum Gasteiger partial charge on any atom is 0.319 e. The number of piperazine rings is 1. The monoisotopic (exact) mass is 617 g/mol. The van der Waals surface area contributed by atoms with Crippen LogP contribution in [0.4, 0.5) is 14.6 Å². The van der Waals surface area contributed by atoms with Crippen molar-refractivity contribution < 1.29 is 18.3 Å². The number of hydrogen-bond acceptors (Lipinski definition) is 8. The number of carbonyl (C=O) groups excluding carboxylic acids is 1. The number of ether oxygens (including phenoxy) is 1. The molecule has 1 unspecified atom stereocenters. The van der Waals surface area contributed by atoms with E-state index >= 15 is 4.39 Å². The summed E-state index contributed by atoms with van der Waals surface area (Å²) in [7, 11) is 2.03. The van der Waals surface area contributed by atoms with Gasteiger partial charge in [-0.2, -0.15) is 15.2 Å². The van der Waals surface area contributed by atoms with Gasteiger partial charge >= 0.3 is 6.01 Å². The molecule has 4 heterocycles. The first kappa shape index (κ1) is 29.7. The minimum absolute atomic E-state index is 0.00548. The second-order valence-electron chi connectivity index (χ2n) is 11.1. The van der Waals surface area contributed by atoms with Crippen LogP contribution in [0.25, 0.3) is 32.9 Å². The fraction of sp³-hybridized carbons (Fsp3) is 0.344. The van der Waals surface area contributed by atoms with Crippen molar-refractivity contribution in [2.75, 3.05) is 44.7 Å². The number of rotatable bonds is 7. The number of likely N-dealkylation sites (tertiary alicyclic amines) is 1. The Bertz CT molecular complexity index is 1810. The molecule has 6 rings (SSSR count). The van der Waals surface area contributed by atoms with Gasteiger partial charge in [-0.15, -0.1) is 0 Å². The molecule has 44 heavy (non-hydrogen) atoms. The van der Waals surface area contributed by atoms with Crippen molar-refractivity contribution in [1.82, 2.24) is 24.8 Å². The van der Waals surface area contributed by atoms with Gasteiger partial charge in [0.15, 0.2) is 17.5 Å². The molecule has 2 aliphatic heterocycles. The van der Waals surface area contributed by atoms with E-state index in [1.807, 2.05) is 36.2 Å². The van der Waals surface area contributed by atoms with Gasteiger partial charge in [0, 0.05) is 47.8 Å². The average Bonchev–Trinajstić information content (AvgIpc) is 3.44. The van der Waals surface area contributed by atoms with Crippen LogP contribution < -0.4 is 9.64 Å². The average molecular weight is 618 g/mol. The summed E-state index contributed by atoms with van der Waals surface area (Å²) in [6, 6.07) is 12.6. The quantitative estimate of drug-likeness (QED) is 0.250. The Morgan fingerprint density at radius 1 is 1.14 bits per heavy atom. The summed E-state index contributed by atoms with van der Waals surface area (Å²) in [6.45, 7) is 4.91. The fourth-order valence-electron chi connectivity index (χ4n) is 6.11. The standard InChI is InChI=1S/C32H30ClF2N7O2/c1-19(34)31(43)42-15-14-41(17-21(42)11-12-36)30-29-28(38-32(39-30)44-18-22-8-5-13-40(22)2)27(35)24(16-37-29)23-9-3-6-20-7-4-10-25(33)26(20)23/h3-4,6-7,9-10,16,21-22H,1,5,8,11,13-15,17-18H2,2H3/t21-,22?/m0/s1. The first-order valence-corrected chi connectivity index (χ1v) is 14.8. The topological polar surface area (TPSA) is 98.5 Å².